The number of rotatable bonds is 6. The average molecular weight is 454 g/mol. The first kappa shape index (κ1) is 21.5. The van der Waals surface area contributed by atoms with E-state index in [0.29, 0.717) is 34.4 Å². The van der Waals surface area contributed by atoms with Gasteiger partial charge in [0.15, 0.2) is 0 Å². The van der Waals surface area contributed by atoms with E-state index in [4.69, 9.17) is 20.9 Å². The summed E-state index contributed by atoms with van der Waals surface area (Å²) in [5, 5.41) is 12.6. The minimum atomic E-state index is -0.432. The number of amides is 2. The Hall–Kier alpha value is -3.72. The predicted octanol–water partition coefficient (Wildman–Crippen LogP) is 3.67. The summed E-state index contributed by atoms with van der Waals surface area (Å²) in [5.74, 6) is 0.360. The Balaban J connectivity index is 1.50. The molecule has 2 heterocycles. The Morgan fingerprint density at radius 3 is 2.78 bits per heavy atom. The molecule has 2 aromatic carbocycles. The van der Waals surface area contributed by atoms with Crippen LogP contribution in [0.1, 0.15) is 24.3 Å². The quantitative estimate of drug-likeness (QED) is 0.609. The predicted molar refractivity (Wildman–Crippen MR) is 119 cm³/mol. The Labute approximate surface area is 189 Å². The lowest BCUT2D eigenvalue weighted by molar-refractivity contribution is -0.135. The van der Waals surface area contributed by atoms with Gasteiger partial charge < -0.3 is 14.6 Å². The van der Waals surface area contributed by atoms with E-state index in [2.05, 4.69) is 20.6 Å². The molecule has 32 heavy (non-hydrogen) atoms. The van der Waals surface area contributed by atoms with E-state index in [0.717, 1.165) is 16.1 Å². The molecule has 2 amide bonds. The van der Waals surface area contributed by atoms with Crippen molar-refractivity contribution in [1.29, 1.82) is 0 Å². The van der Waals surface area contributed by atoms with Gasteiger partial charge in [0.1, 0.15) is 18.0 Å². The molecule has 4 rings (SSSR count). The smallest absolute Gasteiger partial charge is 0.274 e. The second-order valence-corrected chi connectivity index (χ2v) is 7.54. The molecule has 0 atom stereocenters. The zero-order chi connectivity index (χ0) is 22.7. The van der Waals surface area contributed by atoms with Gasteiger partial charge in [-0.1, -0.05) is 47.1 Å². The van der Waals surface area contributed by atoms with Crippen molar-refractivity contribution in [3.63, 3.8) is 0 Å². The van der Waals surface area contributed by atoms with Crippen LogP contribution in [0.5, 0.6) is 5.75 Å². The number of hydrogen-bond donors (Lipinski definition) is 1. The van der Waals surface area contributed by atoms with Gasteiger partial charge in [-0.25, -0.2) is 5.01 Å². The summed E-state index contributed by atoms with van der Waals surface area (Å²) in [5.41, 5.74) is 2.49. The van der Waals surface area contributed by atoms with Crippen LogP contribution >= 0.6 is 11.6 Å². The monoisotopic (exact) mass is 453 g/mol. The summed E-state index contributed by atoms with van der Waals surface area (Å²) in [6, 6.07) is 12.7. The summed E-state index contributed by atoms with van der Waals surface area (Å²) in [4.78, 5) is 29.3. The van der Waals surface area contributed by atoms with Crippen LogP contribution in [0.3, 0.4) is 0 Å². The number of benzene rings is 2. The number of ether oxygens (including phenoxy) is 1. The standard InChI is InChI=1S/C22H20ClN5O4/c1-13-10-17(18(31-2)11-15(13)23)24-19(29)12-28-20(30)9-8-16(26-28)22-25-21(27-32-22)14-6-4-3-5-7-14/h3-7,10-11H,8-9,12H2,1-2H3,(H,24,29). The fraction of sp³-hybridized carbons (Fsp3) is 0.227. The third-order valence-electron chi connectivity index (χ3n) is 4.86. The van der Waals surface area contributed by atoms with E-state index < -0.39 is 5.91 Å². The average Bonchev–Trinajstić information content (AvgIpc) is 3.28. The number of hydrazone groups is 1. The van der Waals surface area contributed by atoms with Crippen molar-refractivity contribution in [1.82, 2.24) is 15.1 Å². The van der Waals surface area contributed by atoms with E-state index in [1.165, 1.54) is 7.11 Å². The van der Waals surface area contributed by atoms with Crippen molar-refractivity contribution >= 4 is 34.8 Å². The maximum Gasteiger partial charge on any atom is 0.274 e. The molecule has 1 N–H and O–H groups in total. The highest BCUT2D eigenvalue weighted by molar-refractivity contribution is 6.31. The van der Waals surface area contributed by atoms with E-state index in [1.54, 1.807) is 12.1 Å². The number of hydrogen-bond acceptors (Lipinski definition) is 7. The lowest BCUT2D eigenvalue weighted by atomic mass is 10.1. The number of halogens is 1. The van der Waals surface area contributed by atoms with Crippen molar-refractivity contribution in [3.05, 3.63) is 58.9 Å². The molecular formula is C22H20ClN5O4. The largest absolute Gasteiger partial charge is 0.495 e. The number of carbonyl (C=O) groups excluding carboxylic acids is 2. The van der Waals surface area contributed by atoms with Crippen LogP contribution in [0.4, 0.5) is 5.69 Å². The maximum absolute atomic E-state index is 12.6. The van der Waals surface area contributed by atoms with Gasteiger partial charge in [0, 0.05) is 29.5 Å². The molecule has 1 aliphatic heterocycles. The van der Waals surface area contributed by atoms with Crippen molar-refractivity contribution in [3.8, 4) is 17.1 Å². The normalized spacial score (nSPS) is 13.7. The van der Waals surface area contributed by atoms with Crippen LogP contribution in [0.25, 0.3) is 11.4 Å². The van der Waals surface area contributed by atoms with Crippen molar-refractivity contribution in [2.24, 2.45) is 5.10 Å². The molecule has 1 aromatic heterocycles. The molecule has 9 nitrogen and oxygen atoms in total. The molecule has 1 aliphatic rings. The third-order valence-corrected chi connectivity index (χ3v) is 5.27. The number of carbonyl (C=O) groups is 2. The second-order valence-electron chi connectivity index (χ2n) is 7.14. The number of nitrogens with one attached hydrogen (secondary N) is 1. The highest BCUT2D eigenvalue weighted by Gasteiger charge is 2.26. The minimum absolute atomic E-state index is 0.179. The minimum Gasteiger partial charge on any atom is -0.495 e. The Bertz CT molecular complexity index is 1190. The van der Waals surface area contributed by atoms with Crippen LogP contribution in [0.15, 0.2) is 52.1 Å². The van der Waals surface area contributed by atoms with E-state index in [-0.39, 0.29) is 24.8 Å². The van der Waals surface area contributed by atoms with Crippen LogP contribution in [0, 0.1) is 6.92 Å². The Morgan fingerprint density at radius 1 is 1.25 bits per heavy atom. The number of aromatic nitrogens is 2. The van der Waals surface area contributed by atoms with Gasteiger partial charge in [-0.05, 0) is 18.6 Å². The molecule has 3 aromatic rings. The topological polar surface area (TPSA) is 110 Å². The van der Waals surface area contributed by atoms with Gasteiger partial charge in [-0.2, -0.15) is 10.1 Å². The van der Waals surface area contributed by atoms with Gasteiger partial charge in [0.05, 0.1) is 12.8 Å². The van der Waals surface area contributed by atoms with Gasteiger partial charge in [0.25, 0.3) is 5.89 Å². The van der Waals surface area contributed by atoms with Crippen molar-refractivity contribution < 1.29 is 18.8 Å². The van der Waals surface area contributed by atoms with Crippen molar-refractivity contribution in [2.75, 3.05) is 19.0 Å². The Morgan fingerprint density at radius 2 is 2.03 bits per heavy atom. The SMILES string of the molecule is COc1cc(Cl)c(C)cc1NC(=O)CN1N=C(c2nc(-c3ccccc3)no2)CCC1=O. The first-order valence-corrected chi connectivity index (χ1v) is 10.2. The molecular weight excluding hydrogens is 434 g/mol. The molecule has 0 unspecified atom stereocenters. The third kappa shape index (κ3) is 4.62. The maximum atomic E-state index is 12.6. The lowest BCUT2D eigenvalue weighted by Crippen LogP contribution is -2.38. The van der Waals surface area contributed by atoms with Gasteiger partial charge in [0.2, 0.25) is 17.6 Å². The van der Waals surface area contributed by atoms with Crippen LogP contribution in [-0.2, 0) is 9.59 Å². The number of methoxy groups -OCH3 is 1. The lowest BCUT2D eigenvalue weighted by Gasteiger charge is -2.22. The highest BCUT2D eigenvalue weighted by Crippen LogP contribution is 2.31. The first-order valence-electron chi connectivity index (χ1n) is 9.86. The zero-order valence-corrected chi connectivity index (χ0v) is 18.2. The molecule has 0 saturated carbocycles. The molecule has 164 valence electrons. The summed E-state index contributed by atoms with van der Waals surface area (Å²) >= 11 is 6.11. The number of anilines is 1. The summed E-state index contributed by atoms with van der Waals surface area (Å²) in [6.07, 6.45) is 0.524. The number of aryl methyl sites for hydroxylation is 1. The summed E-state index contributed by atoms with van der Waals surface area (Å²) in [6.45, 7) is 1.54. The first-order chi connectivity index (χ1) is 15.4. The Kier molecular flexibility index (Phi) is 6.18. The zero-order valence-electron chi connectivity index (χ0n) is 17.5. The molecule has 0 saturated heterocycles. The van der Waals surface area contributed by atoms with Gasteiger partial charge >= 0.3 is 0 Å². The molecule has 0 spiro atoms. The summed E-state index contributed by atoms with van der Waals surface area (Å²) in [7, 11) is 1.48. The van der Waals surface area contributed by atoms with Crippen LogP contribution < -0.4 is 10.1 Å². The number of nitrogens with zero attached hydrogens (tertiary/aromatic N) is 4. The van der Waals surface area contributed by atoms with Gasteiger partial charge in [-0.15, -0.1) is 0 Å². The molecule has 0 radical (unpaired) electrons. The second kappa shape index (κ2) is 9.19. The highest BCUT2D eigenvalue weighted by atomic mass is 35.5. The fourth-order valence-corrected chi connectivity index (χ4v) is 3.33. The van der Waals surface area contributed by atoms with Crippen LogP contribution in [0.2, 0.25) is 5.02 Å². The molecule has 0 fully saturated rings. The van der Waals surface area contributed by atoms with E-state index in [1.807, 2.05) is 37.3 Å². The van der Waals surface area contributed by atoms with Crippen LogP contribution in [-0.4, -0.2) is 46.3 Å². The molecule has 10 heteroatoms. The molecule has 0 bridgehead atoms. The summed E-state index contributed by atoms with van der Waals surface area (Å²) < 4.78 is 10.6. The fourth-order valence-electron chi connectivity index (χ4n) is 3.18. The van der Waals surface area contributed by atoms with Gasteiger partial charge in [-0.3, -0.25) is 9.59 Å². The van der Waals surface area contributed by atoms with E-state index >= 15 is 0 Å². The molecule has 0 aliphatic carbocycles. The van der Waals surface area contributed by atoms with E-state index in [9.17, 15) is 9.59 Å². The van der Waals surface area contributed by atoms with Crippen molar-refractivity contribution in [2.45, 2.75) is 19.8 Å².